The normalized spacial score (nSPS) is 17.1. The second kappa shape index (κ2) is 4.39. The third-order valence-corrected chi connectivity index (χ3v) is 2.56. The first kappa shape index (κ1) is 10.1. The van der Waals surface area contributed by atoms with E-state index in [1.54, 1.807) is 0 Å². The molecule has 1 aliphatic rings. The van der Waals surface area contributed by atoms with Crippen LogP contribution in [0.15, 0.2) is 4.52 Å². The van der Waals surface area contributed by atoms with Crippen LogP contribution in [0.5, 0.6) is 0 Å². The molecule has 15 heavy (non-hydrogen) atoms. The largest absolute Gasteiger partial charge is 0.475 e. The summed E-state index contributed by atoms with van der Waals surface area (Å²) >= 11 is 0. The molecule has 1 aromatic rings. The molecule has 0 amide bonds. The molecule has 2 N–H and O–H groups in total. The fraction of sp³-hybridized carbons (Fsp3) is 0.667. The molecule has 0 aromatic carbocycles. The predicted molar refractivity (Wildman–Crippen MR) is 50.4 cm³/mol. The van der Waals surface area contributed by atoms with Gasteiger partial charge in [0, 0.05) is 6.04 Å². The van der Waals surface area contributed by atoms with Gasteiger partial charge in [-0.2, -0.15) is 4.98 Å². The van der Waals surface area contributed by atoms with E-state index in [1.165, 1.54) is 25.7 Å². The first-order chi connectivity index (χ1) is 7.25. The van der Waals surface area contributed by atoms with Crippen LogP contribution in [0.25, 0.3) is 0 Å². The van der Waals surface area contributed by atoms with Crippen LogP contribution in [0.3, 0.4) is 0 Å². The highest BCUT2D eigenvalue weighted by molar-refractivity contribution is 5.82. The standard InChI is InChI=1S/C9H13N3O3/c13-9(14)8-11-7(15-12-8)5-10-6-3-1-2-4-6/h6,10H,1-5H2,(H,13,14). The Morgan fingerprint density at radius 3 is 2.87 bits per heavy atom. The van der Waals surface area contributed by atoms with Gasteiger partial charge in [-0.25, -0.2) is 4.79 Å². The van der Waals surface area contributed by atoms with E-state index in [2.05, 4.69) is 15.5 Å². The summed E-state index contributed by atoms with van der Waals surface area (Å²) in [5.74, 6) is -1.11. The number of aromatic nitrogens is 2. The number of aromatic carboxylic acids is 1. The summed E-state index contributed by atoms with van der Waals surface area (Å²) in [5.41, 5.74) is 0. The van der Waals surface area contributed by atoms with Gasteiger partial charge in [0.2, 0.25) is 5.89 Å². The second-order valence-corrected chi connectivity index (χ2v) is 3.68. The molecule has 82 valence electrons. The zero-order chi connectivity index (χ0) is 10.7. The van der Waals surface area contributed by atoms with Gasteiger partial charge in [0.05, 0.1) is 6.54 Å². The smallest absolute Gasteiger partial charge is 0.377 e. The maximum atomic E-state index is 10.5. The van der Waals surface area contributed by atoms with E-state index in [0.717, 1.165) is 0 Å². The highest BCUT2D eigenvalue weighted by atomic mass is 16.5. The third kappa shape index (κ3) is 2.53. The Morgan fingerprint density at radius 2 is 2.27 bits per heavy atom. The molecule has 0 unspecified atom stereocenters. The number of hydrogen-bond acceptors (Lipinski definition) is 5. The minimum Gasteiger partial charge on any atom is -0.475 e. The minimum atomic E-state index is -1.16. The fourth-order valence-corrected chi connectivity index (χ4v) is 1.78. The summed E-state index contributed by atoms with van der Waals surface area (Å²) in [6.07, 6.45) is 4.84. The number of carboxylic acid groups (broad SMARTS) is 1. The van der Waals surface area contributed by atoms with E-state index in [4.69, 9.17) is 9.63 Å². The first-order valence-electron chi connectivity index (χ1n) is 5.05. The molecule has 0 bridgehead atoms. The van der Waals surface area contributed by atoms with Crippen molar-refractivity contribution in [2.24, 2.45) is 0 Å². The van der Waals surface area contributed by atoms with Crippen LogP contribution >= 0.6 is 0 Å². The Morgan fingerprint density at radius 1 is 1.53 bits per heavy atom. The van der Waals surface area contributed by atoms with E-state index < -0.39 is 5.97 Å². The predicted octanol–water partition coefficient (Wildman–Crippen LogP) is 0.800. The molecule has 0 spiro atoms. The van der Waals surface area contributed by atoms with Crippen molar-refractivity contribution in [1.29, 1.82) is 0 Å². The van der Waals surface area contributed by atoms with Gasteiger partial charge in [0.25, 0.3) is 5.82 Å². The summed E-state index contributed by atoms with van der Waals surface area (Å²) in [5, 5.41) is 15.2. The molecule has 1 aromatic heterocycles. The molecule has 0 radical (unpaired) electrons. The average Bonchev–Trinajstić information content (AvgIpc) is 2.86. The molecule has 6 heteroatoms. The molecular weight excluding hydrogens is 198 g/mol. The van der Waals surface area contributed by atoms with Gasteiger partial charge in [0.1, 0.15) is 0 Å². The molecular formula is C9H13N3O3. The van der Waals surface area contributed by atoms with Gasteiger partial charge < -0.3 is 14.9 Å². The van der Waals surface area contributed by atoms with Crippen molar-refractivity contribution in [3.63, 3.8) is 0 Å². The van der Waals surface area contributed by atoms with Gasteiger partial charge in [-0.15, -0.1) is 0 Å². The lowest BCUT2D eigenvalue weighted by atomic mass is 10.2. The van der Waals surface area contributed by atoms with Crippen LogP contribution in [0.4, 0.5) is 0 Å². The third-order valence-electron chi connectivity index (χ3n) is 2.56. The number of nitrogens with one attached hydrogen (secondary N) is 1. The lowest BCUT2D eigenvalue weighted by Gasteiger charge is -2.08. The maximum absolute atomic E-state index is 10.5. The summed E-state index contributed by atoms with van der Waals surface area (Å²) < 4.78 is 4.78. The Hall–Kier alpha value is -1.43. The van der Waals surface area contributed by atoms with Gasteiger partial charge in [-0.05, 0) is 18.0 Å². The van der Waals surface area contributed by atoms with E-state index >= 15 is 0 Å². The maximum Gasteiger partial charge on any atom is 0.377 e. The van der Waals surface area contributed by atoms with E-state index in [1.807, 2.05) is 0 Å². The lowest BCUT2D eigenvalue weighted by Crippen LogP contribution is -2.25. The molecule has 6 nitrogen and oxygen atoms in total. The summed E-state index contributed by atoms with van der Waals surface area (Å²) in [7, 11) is 0. The number of rotatable bonds is 4. The van der Waals surface area contributed by atoms with Crippen LogP contribution < -0.4 is 5.32 Å². The number of carbonyl (C=O) groups is 1. The zero-order valence-electron chi connectivity index (χ0n) is 8.27. The number of carboxylic acids is 1. The Kier molecular flexibility index (Phi) is 2.96. The molecule has 0 saturated heterocycles. The Balaban J connectivity index is 1.84. The van der Waals surface area contributed by atoms with Crippen molar-refractivity contribution in [3.05, 3.63) is 11.7 Å². The van der Waals surface area contributed by atoms with E-state index in [0.29, 0.717) is 18.5 Å². The van der Waals surface area contributed by atoms with Crippen LogP contribution in [-0.4, -0.2) is 27.3 Å². The zero-order valence-corrected chi connectivity index (χ0v) is 8.27. The first-order valence-corrected chi connectivity index (χ1v) is 5.05. The molecule has 0 atom stereocenters. The number of nitrogens with zero attached hydrogens (tertiary/aromatic N) is 2. The van der Waals surface area contributed by atoms with E-state index in [9.17, 15) is 4.79 Å². The van der Waals surface area contributed by atoms with Crippen LogP contribution in [-0.2, 0) is 6.54 Å². The SMILES string of the molecule is O=C(O)c1noc(CNC2CCCC2)n1. The monoisotopic (exact) mass is 211 g/mol. The van der Waals surface area contributed by atoms with Crippen LogP contribution in [0.1, 0.15) is 42.2 Å². The molecule has 2 rings (SSSR count). The fourth-order valence-electron chi connectivity index (χ4n) is 1.78. The van der Waals surface area contributed by atoms with Gasteiger partial charge in [-0.3, -0.25) is 0 Å². The Bertz CT molecular complexity index is 344. The van der Waals surface area contributed by atoms with Crippen LogP contribution in [0, 0.1) is 0 Å². The molecule has 0 aliphatic heterocycles. The van der Waals surface area contributed by atoms with Crippen molar-refractivity contribution >= 4 is 5.97 Å². The van der Waals surface area contributed by atoms with Crippen molar-refractivity contribution < 1.29 is 14.4 Å². The topological polar surface area (TPSA) is 88.2 Å². The summed E-state index contributed by atoms with van der Waals surface area (Å²) in [6, 6.07) is 0.505. The highest BCUT2D eigenvalue weighted by Gasteiger charge is 2.16. The van der Waals surface area contributed by atoms with Gasteiger partial charge in [-0.1, -0.05) is 12.8 Å². The van der Waals surface area contributed by atoms with Crippen molar-refractivity contribution in [3.8, 4) is 0 Å². The van der Waals surface area contributed by atoms with E-state index in [-0.39, 0.29) is 5.82 Å². The second-order valence-electron chi connectivity index (χ2n) is 3.68. The highest BCUT2D eigenvalue weighted by Crippen LogP contribution is 2.17. The molecule has 1 fully saturated rings. The van der Waals surface area contributed by atoms with Gasteiger partial charge >= 0.3 is 5.97 Å². The molecule has 1 saturated carbocycles. The lowest BCUT2D eigenvalue weighted by molar-refractivity contribution is 0.0680. The number of hydrogen-bond donors (Lipinski definition) is 2. The molecule has 1 heterocycles. The van der Waals surface area contributed by atoms with Crippen molar-refractivity contribution in [1.82, 2.24) is 15.5 Å². The average molecular weight is 211 g/mol. The Labute approximate surface area is 86.7 Å². The van der Waals surface area contributed by atoms with Crippen LogP contribution in [0.2, 0.25) is 0 Å². The van der Waals surface area contributed by atoms with Crippen molar-refractivity contribution in [2.45, 2.75) is 38.3 Å². The quantitative estimate of drug-likeness (QED) is 0.765. The van der Waals surface area contributed by atoms with Crippen molar-refractivity contribution in [2.75, 3.05) is 0 Å². The summed E-state index contributed by atoms with van der Waals surface area (Å²) in [6.45, 7) is 0.449. The summed E-state index contributed by atoms with van der Waals surface area (Å²) in [4.78, 5) is 14.2. The minimum absolute atomic E-state index is 0.279. The molecule has 1 aliphatic carbocycles. The van der Waals surface area contributed by atoms with Gasteiger partial charge in [0.15, 0.2) is 0 Å².